The van der Waals surface area contributed by atoms with E-state index in [-0.39, 0.29) is 32.2 Å². The highest BCUT2D eigenvalue weighted by molar-refractivity contribution is 5.79. The van der Waals surface area contributed by atoms with Gasteiger partial charge in [-0.2, -0.15) is 0 Å². The number of carboxylic acid groups (broad SMARTS) is 1. The maximum Gasteiger partial charge on any atom is 0.410 e. The number of rotatable bonds is 10. The van der Waals surface area contributed by atoms with Crippen LogP contribution in [0.5, 0.6) is 0 Å². The summed E-state index contributed by atoms with van der Waals surface area (Å²) in [5, 5.41) is 23.9. The Bertz CT molecular complexity index is 1020. The summed E-state index contributed by atoms with van der Waals surface area (Å²) in [7, 11) is 0. The van der Waals surface area contributed by atoms with Crippen molar-refractivity contribution in [2.45, 2.75) is 83.4 Å². The van der Waals surface area contributed by atoms with Gasteiger partial charge in [0.05, 0.1) is 5.92 Å². The van der Waals surface area contributed by atoms with Crippen molar-refractivity contribution < 1.29 is 34.2 Å². The fraction of sp³-hybridized carbons (Fsp3) is 0.704. The first-order chi connectivity index (χ1) is 18.0. The SMILES string of the molecule is CC(C)(C)OC(=O)N1CC(C(=O)ON(C2CC(CCc3ccc4c(n3)NCCC4)C2)[C@@H](CCO)C(=O)O)C1. The molecular weight excluding hydrogens is 492 g/mol. The number of ether oxygens (including phenoxy) is 1. The number of carbonyl (C=O) groups is 3. The normalized spacial score (nSPS) is 22.0. The van der Waals surface area contributed by atoms with Crippen LogP contribution in [0.3, 0.4) is 0 Å². The summed E-state index contributed by atoms with van der Waals surface area (Å²) >= 11 is 0. The van der Waals surface area contributed by atoms with Crippen molar-refractivity contribution in [2.24, 2.45) is 11.8 Å². The van der Waals surface area contributed by atoms with Crippen molar-refractivity contribution in [3.05, 3.63) is 23.4 Å². The van der Waals surface area contributed by atoms with Crippen molar-refractivity contribution in [3.63, 3.8) is 0 Å². The molecule has 210 valence electrons. The number of pyridine rings is 1. The molecule has 2 aliphatic heterocycles. The van der Waals surface area contributed by atoms with E-state index in [4.69, 9.17) is 14.6 Å². The molecule has 3 heterocycles. The summed E-state index contributed by atoms with van der Waals surface area (Å²) < 4.78 is 5.32. The zero-order valence-electron chi connectivity index (χ0n) is 22.5. The molecule has 38 heavy (non-hydrogen) atoms. The first-order valence-corrected chi connectivity index (χ1v) is 13.6. The zero-order valence-corrected chi connectivity index (χ0v) is 22.5. The fourth-order valence-corrected chi connectivity index (χ4v) is 5.16. The number of nitrogens with zero attached hydrogens (tertiary/aromatic N) is 3. The van der Waals surface area contributed by atoms with Gasteiger partial charge in [0.25, 0.3) is 0 Å². The number of carbonyl (C=O) groups excluding carboxylic acids is 2. The van der Waals surface area contributed by atoms with E-state index in [0.29, 0.717) is 18.8 Å². The van der Waals surface area contributed by atoms with Crippen LogP contribution in [0.1, 0.15) is 64.1 Å². The lowest BCUT2D eigenvalue weighted by Crippen LogP contribution is -2.58. The quantitative estimate of drug-likeness (QED) is 0.385. The van der Waals surface area contributed by atoms with Gasteiger partial charge in [-0.25, -0.2) is 14.6 Å². The lowest BCUT2D eigenvalue weighted by Gasteiger charge is -2.45. The molecule has 0 aromatic carbocycles. The third-order valence-electron chi connectivity index (χ3n) is 7.39. The summed E-state index contributed by atoms with van der Waals surface area (Å²) in [5.74, 6) is -0.920. The molecule has 1 atom stereocenters. The Kier molecular flexibility index (Phi) is 8.77. The first-order valence-electron chi connectivity index (χ1n) is 13.6. The third-order valence-corrected chi connectivity index (χ3v) is 7.39. The standard InChI is InChI=1S/C27H40N4O7/c1-27(2,3)37-26(36)30-15-19(16-30)25(35)38-31(22(10-12-32)24(33)34)21-13-17(14-21)6-8-20-9-7-18-5-4-11-28-23(18)29-20/h7,9,17,19,21-22,32H,4-6,8,10-16H2,1-3H3,(H,28,29)(H,33,34)/t17?,21?,22-/m0/s1. The van der Waals surface area contributed by atoms with Crippen molar-refractivity contribution >= 4 is 23.8 Å². The topological polar surface area (TPSA) is 142 Å². The maximum absolute atomic E-state index is 12.9. The van der Waals surface area contributed by atoms with Gasteiger partial charge in [-0.05, 0) is 83.3 Å². The number of hydroxylamine groups is 2. The van der Waals surface area contributed by atoms with Gasteiger partial charge in [0.15, 0.2) is 0 Å². The minimum Gasteiger partial charge on any atom is -0.480 e. The number of fused-ring (bicyclic) bond motifs is 1. The Balaban J connectivity index is 1.30. The Morgan fingerprint density at radius 2 is 1.97 bits per heavy atom. The predicted molar refractivity (Wildman–Crippen MR) is 138 cm³/mol. The molecule has 0 spiro atoms. The fourth-order valence-electron chi connectivity index (χ4n) is 5.16. The van der Waals surface area contributed by atoms with E-state index in [1.165, 1.54) is 15.5 Å². The minimum atomic E-state index is -1.15. The lowest BCUT2D eigenvalue weighted by atomic mass is 9.76. The molecule has 1 saturated heterocycles. The summed E-state index contributed by atoms with van der Waals surface area (Å²) in [5.41, 5.74) is 1.66. The van der Waals surface area contributed by atoms with Gasteiger partial charge in [0.1, 0.15) is 17.5 Å². The molecule has 0 unspecified atom stereocenters. The van der Waals surface area contributed by atoms with Crippen molar-refractivity contribution in [3.8, 4) is 0 Å². The lowest BCUT2D eigenvalue weighted by molar-refractivity contribution is -0.240. The number of aliphatic hydroxyl groups is 1. The van der Waals surface area contributed by atoms with Crippen LogP contribution in [0.25, 0.3) is 0 Å². The van der Waals surface area contributed by atoms with Crippen LogP contribution >= 0.6 is 0 Å². The molecule has 3 aliphatic rings. The largest absolute Gasteiger partial charge is 0.480 e. The molecular formula is C27H40N4O7. The van der Waals surface area contributed by atoms with E-state index in [0.717, 1.165) is 43.7 Å². The minimum absolute atomic E-state index is 0.0511. The van der Waals surface area contributed by atoms with Crippen molar-refractivity contribution in [1.29, 1.82) is 0 Å². The van der Waals surface area contributed by atoms with Crippen LogP contribution in [0.2, 0.25) is 0 Å². The Morgan fingerprint density at radius 3 is 2.63 bits per heavy atom. The third kappa shape index (κ3) is 6.93. The summed E-state index contributed by atoms with van der Waals surface area (Å²) in [6, 6.07) is 2.85. The van der Waals surface area contributed by atoms with Crippen LogP contribution in [-0.4, -0.2) is 87.1 Å². The summed E-state index contributed by atoms with van der Waals surface area (Å²) in [6.45, 7) is 6.25. The van der Waals surface area contributed by atoms with Gasteiger partial charge in [0.2, 0.25) is 0 Å². The summed E-state index contributed by atoms with van der Waals surface area (Å²) in [4.78, 5) is 48.8. The molecule has 1 aromatic rings. The molecule has 11 nitrogen and oxygen atoms in total. The average Bonchev–Trinajstić information content (AvgIpc) is 2.78. The van der Waals surface area contributed by atoms with E-state index in [1.807, 2.05) is 0 Å². The molecule has 0 radical (unpaired) electrons. The maximum atomic E-state index is 12.9. The number of likely N-dealkylation sites (tertiary alicyclic amines) is 1. The average molecular weight is 533 g/mol. The number of aryl methyl sites for hydroxylation is 2. The second-order valence-electron chi connectivity index (χ2n) is 11.6. The van der Waals surface area contributed by atoms with Crippen LogP contribution in [-0.2, 0) is 32.0 Å². The van der Waals surface area contributed by atoms with Crippen LogP contribution in [0.4, 0.5) is 10.6 Å². The van der Waals surface area contributed by atoms with Gasteiger partial charge >= 0.3 is 18.0 Å². The number of anilines is 1. The van der Waals surface area contributed by atoms with Crippen molar-refractivity contribution in [2.75, 3.05) is 31.6 Å². The first kappa shape index (κ1) is 28.1. The number of nitrogens with one attached hydrogen (secondary N) is 1. The number of hydrogen-bond donors (Lipinski definition) is 3. The number of aromatic nitrogens is 1. The smallest absolute Gasteiger partial charge is 0.410 e. The number of aliphatic hydroxyl groups excluding tert-OH is 1. The van der Waals surface area contributed by atoms with Crippen LogP contribution < -0.4 is 5.32 Å². The second kappa shape index (κ2) is 11.9. The Labute approximate surface area is 223 Å². The zero-order chi connectivity index (χ0) is 27.4. The van der Waals surface area contributed by atoms with Gasteiger partial charge in [0, 0.05) is 38.0 Å². The number of aliphatic carboxylic acids is 1. The molecule has 0 bridgehead atoms. The van der Waals surface area contributed by atoms with E-state index in [9.17, 15) is 24.6 Å². The predicted octanol–water partition coefficient (Wildman–Crippen LogP) is 2.61. The number of amides is 1. The summed E-state index contributed by atoms with van der Waals surface area (Å²) in [6.07, 6.45) is 4.75. The molecule has 2 fully saturated rings. The van der Waals surface area contributed by atoms with Crippen LogP contribution in [0, 0.1) is 11.8 Å². The van der Waals surface area contributed by atoms with Gasteiger partial charge < -0.3 is 30.0 Å². The van der Waals surface area contributed by atoms with E-state index in [2.05, 4.69) is 17.4 Å². The molecule has 1 amide bonds. The van der Waals surface area contributed by atoms with E-state index in [1.54, 1.807) is 20.8 Å². The Hall–Kier alpha value is -2.92. The number of hydrogen-bond acceptors (Lipinski definition) is 9. The molecule has 1 aliphatic carbocycles. The number of carboxylic acids is 1. The molecule has 1 aromatic heterocycles. The highest BCUT2D eigenvalue weighted by Gasteiger charge is 2.45. The monoisotopic (exact) mass is 532 g/mol. The van der Waals surface area contributed by atoms with Crippen LogP contribution in [0.15, 0.2) is 12.1 Å². The molecule has 1 saturated carbocycles. The van der Waals surface area contributed by atoms with Gasteiger partial charge in [-0.1, -0.05) is 6.07 Å². The highest BCUT2D eigenvalue weighted by Crippen LogP contribution is 2.37. The molecule has 3 N–H and O–H groups in total. The molecule has 4 rings (SSSR count). The van der Waals surface area contributed by atoms with Gasteiger partial charge in [-0.15, -0.1) is 5.06 Å². The van der Waals surface area contributed by atoms with E-state index >= 15 is 0 Å². The second-order valence-corrected chi connectivity index (χ2v) is 11.6. The Morgan fingerprint density at radius 1 is 1.24 bits per heavy atom. The van der Waals surface area contributed by atoms with E-state index < -0.39 is 35.6 Å². The highest BCUT2D eigenvalue weighted by atomic mass is 16.7. The molecule has 11 heteroatoms. The van der Waals surface area contributed by atoms with Crippen molar-refractivity contribution in [1.82, 2.24) is 14.9 Å². The van der Waals surface area contributed by atoms with Gasteiger partial charge in [-0.3, -0.25) is 4.79 Å².